The summed E-state index contributed by atoms with van der Waals surface area (Å²) in [4.78, 5) is 7.10. The molecule has 3 nitrogen and oxygen atoms in total. The van der Waals surface area contributed by atoms with Crippen LogP contribution in [0.2, 0.25) is 5.15 Å². The monoisotopic (exact) mass is 237 g/mol. The van der Waals surface area contributed by atoms with Crippen LogP contribution in [0, 0.1) is 0 Å². The van der Waals surface area contributed by atoms with E-state index in [9.17, 15) is 13.2 Å². The first-order valence-corrected chi connectivity index (χ1v) is 4.71. The Kier molecular flexibility index (Phi) is 2.46. The Labute approximate surface area is 88.7 Å². The van der Waals surface area contributed by atoms with E-state index < -0.39 is 16.9 Å². The number of hydrogen-bond acceptors (Lipinski definition) is 3. The van der Waals surface area contributed by atoms with Gasteiger partial charge in [-0.2, -0.15) is 13.2 Å². The van der Waals surface area contributed by atoms with Crippen molar-refractivity contribution in [3.8, 4) is 0 Å². The molecule has 1 N–H and O–H groups in total. The SMILES string of the molecule is FC(F)(F)c1cnc(NC2CC2)nc1Cl. The number of alkyl halides is 3. The first-order valence-electron chi connectivity index (χ1n) is 4.33. The van der Waals surface area contributed by atoms with E-state index in [0.29, 0.717) is 6.20 Å². The standard InChI is InChI=1S/C8H7ClF3N3/c9-6-5(8(10,11)12)3-13-7(15-6)14-4-1-2-4/h3-4H,1-2H2,(H,13,14,15). The normalized spacial score (nSPS) is 16.5. The minimum absolute atomic E-state index is 0.149. The van der Waals surface area contributed by atoms with Crippen LogP contribution in [0.3, 0.4) is 0 Å². The molecule has 82 valence electrons. The summed E-state index contributed by atoms with van der Waals surface area (Å²) in [6.45, 7) is 0. The molecule has 1 aromatic rings. The molecule has 0 aliphatic heterocycles. The summed E-state index contributed by atoms with van der Waals surface area (Å²) >= 11 is 5.41. The zero-order valence-electron chi connectivity index (χ0n) is 7.48. The highest BCUT2D eigenvalue weighted by atomic mass is 35.5. The molecule has 2 rings (SSSR count). The van der Waals surface area contributed by atoms with Crippen molar-refractivity contribution in [1.82, 2.24) is 9.97 Å². The van der Waals surface area contributed by atoms with Gasteiger partial charge in [-0.3, -0.25) is 0 Å². The lowest BCUT2D eigenvalue weighted by Gasteiger charge is -2.09. The van der Waals surface area contributed by atoms with E-state index in [4.69, 9.17) is 11.6 Å². The van der Waals surface area contributed by atoms with Crippen molar-refractivity contribution in [2.45, 2.75) is 25.1 Å². The van der Waals surface area contributed by atoms with Gasteiger partial charge in [0.15, 0.2) is 0 Å². The molecular weight excluding hydrogens is 231 g/mol. The van der Waals surface area contributed by atoms with Gasteiger partial charge in [-0.25, -0.2) is 9.97 Å². The third kappa shape index (κ3) is 2.50. The highest BCUT2D eigenvalue weighted by Gasteiger charge is 2.35. The van der Waals surface area contributed by atoms with Crippen LogP contribution in [0.25, 0.3) is 0 Å². The van der Waals surface area contributed by atoms with Gasteiger partial charge in [-0.05, 0) is 12.8 Å². The van der Waals surface area contributed by atoms with Crippen LogP contribution in [-0.2, 0) is 6.18 Å². The van der Waals surface area contributed by atoms with Crippen molar-refractivity contribution in [1.29, 1.82) is 0 Å². The van der Waals surface area contributed by atoms with Gasteiger partial charge in [-0.15, -0.1) is 0 Å². The third-order valence-electron chi connectivity index (χ3n) is 1.96. The maximum atomic E-state index is 12.3. The fourth-order valence-electron chi connectivity index (χ4n) is 1.03. The first kappa shape index (κ1) is 10.5. The minimum atomic E-state index is -4.50. The molecule has 1 aromatic heterocycles. The molecule has 0 spiro atoms. The van der Waals surface area contributed by atoms with Crippen molar-refractivity contribution in [2.24, 2.45) is 0 Å². The number of hydrogen-bond donors (Lipinski definition) is 1. The summed E-state index contributed by atoms with van der Waals surface area (Å²) < 4.78 is 36.8. The molecule has 0 bridgehead atoms. The molecule has 1 aliphatic rings. The molecule has 1 saturated carbocycles. The van der Waals surface area contributed by atoms with Gasteiger partial charge >= 0.3 is 6.18 Å². The Morgan fingerprint density at radius 3 is 2.53 bits per heavy atom. The summed E-state index contributed by atoms with van der Waals surface area (Å²) in [5, 5.41) is 2.29. The molecule has 0 saturated heterocycles. The van der Waals surface area contributed by atoms with Gasteiger partial charge in [0.25, 0.3) is 0 Å². The zero-order valence-corrected chi connectivity index (χ0v) is 8.23. The average molecular weight is 238 g/mol. The number of nitrogens with one attached hydrogen (secondary N) is 1. The lowest BCUT2D eigenvalue weighted by molar-refractivity contribution is -0.137. The number of anilines is 1. The summed E-state index contributed by atoms with van der Waals surface area (Å²) in [5.41, 5.74) is -1.01. The van der Waals surface area contributed by atoms with Crippen LogP contribution in [0.15, 0.2) is 6.20 Å². The number of halogens is 4. The summed E-state index contributed by atoms with van der Waals surface area (Å²) in [6, 6.07) is 0.276. The molecule has 1 aliphatic carbocycles. The molecule has 0 unspecified atom stereocenters. The van der Waals surface area contributed by atoms with Gasteiger partial charge in [0.05, 0.1) is 0 Å². The van der Waals surface area contributed by atoms with Gasteiger partial charge in [0.2, 0.25) is 5.95 Å². The predicted molar refractivity (Wildman–Crippen MR) is 48.7 cm³/mol. The Bertz CT molecular complexity index is 376. The van der Waals surface area contributed by atoms with Crippen LogP contribution in [0.1, 0.15) is 18.4 Å². The molecule has 0 radical (unpaired) electrons. The molecule has 1 heterocycles. The summed E-state index contributed by atoms with van der Waals surface area (Å²) in [5.74, 6) is 0.149. The fourth-order valence-corrected chi connectivity index (χ4v) is 1.27. The van der Waals surface area contributed by atoms with Gasteiger partial charge in [0.1, 0.15) is 10.7 Å². The predicted octanol–water partition coefficient (Wildman–Crippen LogP) is 2.72. The molecule has 15 heavy (non-hydrogen) atoms. The highest BCUT2D eigenvalue weighted by Crippen LogP contribution is 2.33. The number of rotatable bonds is 2. The van der Waals surface area contributed by atoms with Crippen LogP contribution < -0.4 is 5.32 Å². The van der Waals surface area contributed by atoms with Crippen LogP contribution in [-0.4, -0.2) is 16.0 Å². The van der Waals surface area contributed by atoms with Crippen LogP contribution >= 0.6 is 11.6 Å². The second-order valence-corrected chi connectivity index (χ2v) is 3.67. The Hall–Kier alpha value is -1.04. The second-order valence-electron chi connectivity index (χ2n) is 3.31. The topological polar surface area (TPSA) is 37.8 Å². The Balaban J connectivity index is 2.21. The zero-order chi connectivity index (χ0) is 11.1. The third-order valence-corrected chi connectivity index (χ3v) is 2.25. The van der Waals surface area contributed by atoms with Crippen molar-refractivity contribution in [2.75, 3.05) is 5.32 Å². The molecular formula is C8H7ClF3N3. The minimum Gasteiger partial charge on any atom is -0.351 e. The fraction of sp³-hybridized carbons (Fsp3) is 0.500. The number of nitrogens with zero attached hydrogens (tertiary/aromatic N) is 2. The van der Waals surface area contributed by atoms with E-state index in [1.54, 1.807) is 0 Å². The van der Waals surface area contributed by atoms with Crippen LogP contribution in [0.5, 0.6) is 0 Å². The molecule has 0 aromatic carbocycles. The first-order chi connectivity index (χ1) is 6.97. The van der Waals surface area contributed by atoms with E-state index in [1.807, 2.05) is 0 Å². The maximum absolute atomic E-state index is 12.3. The van der Waals surface area contributed by atoms with Crippen molar-refractivity contribution < 1.29 is 13.2 Å². The van der Waals surface area contributed by atoms with E-state index in [0.717, 1.165) is 12.8 Å². The largest absolute Gasteiger partial charge is 0.420 e. The van der Waals surface area contributed by atoms with E-state index in [1.165, 1.54) is 0 Å². The number of aromatic nitrogens is 2. The second kappa shape index (κ2) is 3.52. The quantitative estimate of drug-likeness (QED) is 0.804. The Morgan fingerprint density at radius 2 is 2.07 bits per heavy atom. The van der Waals surface area contributed by atoms with Crippen LogP contribution in [0.4, 0.5) is 19.1 Å². The van der Waals surface area contributed by atoms with Gasteiger partial charge in [-0.1, -0.05) is 11.6 Å². The average Bonchev–Trinajstić information content (AvgIpc) is 2.85. The maximum Gasteiger partial charge on any atom is 0.420 e. The van der Waals surface area contributed by atoms with E-state index in [-0.39, 0.29) is 12.0 Å². The summed E-state index contributed by atoms with van der Waals surface area (Å²) in [7, 11) is 0. The smallest absolute Gasteiger partial charge is 0.351 e. The van der Waals surface area contributed by atoms with Gasteiger partial charge in [0, 0.05) is 12.2 Å². The lowest BCUT2D eigenvalue weighted by atomic mass is 10.3. The highest BCUT2D eigenvalue weighted by molar-refractivity contribution is 6.30. The molecule has 1 fully saturated rings. The van der Waals surface area contributed by atoms with Gasteiger partial charge < -0.3 is 5.32 Å². The van der Waals surface area contributed by atoms with Crippen molar-refractivity contribution >= 4 is 17.5 Å². The van der Waals surface area contributed by atoms with E-state index >= 15 is 0 Å². The Morgan fingerprint density at radius 1 is 1.40 bits per heavy atom. The summed E-state index contributed by atoms with van der Waals surface area (Å²) in [6.07, 6.45) is -1.83. The lowest BCUT2D eigenvalue weighted by Crippen LogP contribution is -2.11. The van der Waals surface area contributed by atoms with Crippen molar-refractivity contribution in [3.63, 3.8) is 0 Å². The van der Waals surface area contributed by atoms with Crippen molar-refractivity contribution in [3.05, 3.63) is 16.9 Å². The molecule has 0 atom stereocenters. The molecule has 0 amide bonds. The molecule has 7 heteroatoms. The van der Waals surface area contributed by atoms with E-state index in [2.05, 4.69) is 15.3 Å².